The first kappa shape index (κ1) is 19.4. The van der Waals surface area contributed by atoms with Gasteiger partial charge in [-0.15, -0.1) is 0 Å². The number of ether oxygens (including phenoxy) is 2. The van der Waals surface area contributed by atoms with Crippen molar-refractivity contribution < 1.29 is 14.3 Å². The van der Waals surface area contributed by atoms with E-state index in [0.29, 0.717) is 38.3 Å². The summed E-state index contributed by atoms with van der Waals surface area (Å²) in [5.74, 6) is 2.20. The van der Waals surface area contributed by atoms with Gasteiger partial charge in [-0.1, -0.05) is 18.2 Å². The molecule has 0 atom stereocenters. The van der Waals surface area contributed by atoms with Crippen LogP contribution in [0.3, 0.4) is 0 Å². The molecule has 2 aromatic heterocycles. The van der Waals surface area contributed by atoms with Crippen molar-refractivity contribution in [2.75, 3.05) is 13.2 Å². The summed E-state index contributed by atoms with van der Waals surface area (Å²) in [6, 6.07) is 11.4. The van der Waals surface area contributed by atoms with E-state index in [9.17, 15) is 4.79 Å². The fraction of sp³-hybridized carbons (Fsp3) is 0.286. The molecule has 0 unspecified atom stereocenters. The number of hydrogen-bond acceptors (Lipinski definition) is 5. The largest absolute Gasteiger partial charge is 0.490 e. The standard InChI is InChI=1S/C21H24N4O3/c1-2-27-18-6-3-4-7-19(18)28-13-5-8-21(26)24-15-17-9-10-20(23-14-17)25-12-11-22-16-25/h3-4,6-7,9-12,14,16H,2,5,8,13,15H2,1H3,(H,24,26). The molecule has 0 aliphatic carbocycles. The van der Waals surface area contributed by atoms with Crippen molar-refractivity contribution in [3.63, 3.8) is 0 Å². The van der Waals surface area contributed by atoms with E-state index >= 15 is 0 Å². The van der Waals surface area contributed by atoms with E-state index in [1.165, 1.54) is 0 Å². The van der Waals surface area contributed by atoms with Crippen LogP contribution in [-0.2, 0) is 11.3 Å². The van der Waals surface area contributed by atoms with Gasteiger partial charge in [-0.2, -0.15) is 0 Å². The van der Waals surface area contributed by atoms with Crippen molar-refractivity contribution in [1.29, 1.82) is 0 Å². The zero-order valence-electron chi connectivity index (χ0n) is 15.9. The summed E-state index contributed by atoms with van der Waals surface area (Å²) in [6.45, 7) is 3.42. The molecule has 1 N–H and O–H groups in total. The third kappa shape index (κ3) is 5.57. The average molecular weight is 380 g/mol. The molecule has 0 spiro atoms. The van der Waals surface area contributed by atoms with Gasteiger partial charge in [0.05, 0.1) is 13.2 Å². The molecule has 28 heavy (non-hydrogen) atoms. The summed E-state index contributed by atoms with van der Waals surface area (Å²) < 4.78 is 13.1. The highest BCUT2D eigenvalue weighted by Gasteiger charge is 2.06. The van der Waals surface area contributed by atoms with Gasteiger partial charge in [0.1, 0.15) is 12.1 Å². The first-order chi connectivity index (χ1) is 13.8. The quantitative estimate of drug-likeness (QED) is 0.547. The first-order valence-corrected chi connectivity index (χ1v) is 9.31. The van der Waals surface area contributed by atoms with Crippen LogP contribution in [0.5, 0.6) is 11.5 Å². The van der Waals surface area contributed by atoms with Crippen molar-refractivity contribution in [2.24, 2.45) is 0 Å². The van der Waals surface area contributed by atoms with Gasteiger partial charge in [0, 0.05) is 31.6 Å². The number of amides is 1. The van der Waals surface area contributed by atoms with Crippen LogP contribution in [0.2, 0.25) is 0 Å². The Balaban J connectivity index is 1.37. The number of rotatable bonds is 10. The molecule has 7 heteroatoms. The van der Waals surface area contributed by atoms with Crippen LogP contribution in [0.4, 0.5) is 0 Å². The summed E-state index contributed by atoms with van der Waals surface area (Å²) in [5, 5.41) is 2.91. The second kappa shape index (κ2) is 10.1. The van der Waals surface area contributed by atoms with Crippen molar-refractivity contribution in [2.45, 2.75) is 26.3 Å². The van der Waals surface area contributed by atoms with Gasteiger partial charge in [0.2, 0.25) is 5.91 Å². The third-order valence-electron chi connectivity index (χ3n) is 4.02. The van der Waals surface area contributed by atoms with Gasteiger partial charge in [0.25, 0.3) is 0 Å². The molecule has 0 saturated heterocycles. The van der Waals surface area contributed by atoms with Crippen molar-refractivity contribution in [3.05, 3.63) is 66.9 Å². The maximum absolute atomic E-state index is 12.0. The monoisotopic (exact) mass is 380 g/mol. The number of aromatic nitrogens is 3. The van der Waals surface area contributed by atoms with Crippen molar-refractivity contribution in [1.82, 2.24) is 19.9 Å². The molecule has 7 nitrogen and oxygen atoms in total. The van der Waals surface area contributed by atoms with Crippen LogP contribution >= 0.6 is 0 Å². The highest BCUT2D eigenvalue weighted by Crippen LogP contribution is 2.26. The van der Waals surface area contributed by atoms with Gasteiger partial charge >= 0.3 is 0 Å². The molecule has 0 fully saturated rings. The Hall–Kier alpha value is -3.35. The molecule has 0 aliphatic heterocycles. The van der Waals surface area contributed by atoms with Gasteiger partial charge in [-0.3, -0.25) is 9.36 Å². The number of para-hydroxylation sites is 2. The number of nitrogens with zero attached hydrogens (tertiary/aromatic N) is 3. The second-order valence-electron chi connectivity index (χ2n) is 6.10. The minimum Gasteiger partial charge on any atom is -0.490 e. The van der Waals surface area contributed by atoms with Crippen LogP contribution in [0.25, 0.3) is 5.82 Å². The predicted octanol–water partition coefficient (Wildman–Crippen LogP) is 3.14. The maximum Gasteiger partial charge on any atom is 0.220 e. The lowest BCUT2D eigenvalue weighted by Gasteiger charge is -2.11. The van der Waals surface area contributed by atoms with Gasteiger partial charge in [-0.25, -0.2) is 9.97 Å². The summed E-state index contributed by atoms with van der Waals surface area (Å²) in [6.07, 6.45) is 8.01. The third-order valence-corrected chi connectivity index (χ3v) is 4.02. The average Bonchev–Trinajstić information content (AvgIpc) is 3.26. The molecule has 1 amide bonds. The molecule has 3 aromatic rings. The summed E-state index contributed by atoms with van der Waals surface area (Å²) in [7, 11) is 0. The molecule has 3 rings (SSSR count). The van der Waals surface area contributed by atoms with E-state index in [-0.39, 0.29) is 5.91 Å². The molecule has 0 saturated carbocycles. The zero-order valence-corrected chi connectivity index (χ0v) is 15.9. The fourth-order valence-electron chi connectivity index (χ4n) is 2.62. The smallest absolute Gasteiger partial charge is 0.220 e. The fourth-order valence-corrected chi connectivity index (χ4v) is 2.62. The van der Waals surface area contributed by atoms with E-state index < -0.39 is 0 Å². The highest BCUT2D eigenvalue weighted by molar-refractivity contribution is 5.75. The lowest BCUT2D eigenvalue weighted by molar-refractivity contribution is -0.121. The van der Waals surface area contributed by atoms with Crippen molar-refractivity contribution in [3.8, 4) is 17.3 Å². The second-order valence-corrected chi connectivity index (χ2v) is 6.10. The number of nitrogens with one attached hydrogen (secondary N) is 1. The first-order valence-electron chi connectivity index (χ1n) is 9.31. The Morgan fingerprint density at radius 2 is 1.96 bits per heavy atom. The van der Waals surface area contributed by atoms with E-state index in [0.717, 1.165) is 17.1 Å². The summed E-state index contributed by atoms with van der Waals surface area (Å²) in [5.41, 5.74) is 0.944. The number of hydrogen-bond donors (Lipinski definition) is 1. The van der Waals surface area contributed by atoms with Crippen LogP contribution in [-0.4, -0.2) is 33.7 Å². The Labute approximate surface area is 164 Å². The molecule has 0 aliphatic rings. The van der Waals surface area contributed by atoms with Crippen molar-refractivity contribution >= 4 is 5.91 Å². The lowest BCUT2D eigenvalue weighted by atomic mass is 10.2. The Morgan fingerprint density at radius 1 is 1.14 bits per heavy atom. The number of pyridine rings is 1. The molecular weight excluding hydrogens is 356 g/mol. The number of imidazole rings is 1. The Morgan fingerprint density at radius 3 is 2.64 bits per heavy atom. The van der Waals surface area contributed by atoms with Gasteiger partial charge in [0.15, 0.2) is 11.5 Å². The van der Waals surface area contributed by atoms with E-state index in [4.69, 9.17) is 9.47 Å². The maximum atomic E-state index is 12.0. The Bertz CT molecular complexity index is 864. The normalized spacial score (nSPS) is 10.5. The van der Waals surface area contributed by atoms with Gasteiger partial charge < -0.3 is 14.8 Å². The molecule has 0 bridgehead atoms. The van der Waals surface area contributed by atoms with Gasteiger partial charge in [-0.05, 0) is 37.1 Å². The minimum absolute atomic E-state index is 0.0135. The van der Waals surface area contributed by atoms with E-state index in [2.05, 4.69) is 15.3 Å². The predicted molar refractivity (Wildman–Crippen MR) is 106 cm³/mol. The van der Waals surface area contributed by atoms with Crippen LogP contribution in [0.15, 0.2) is 61.3 Å². The zero-order chi connectivity index (χ0) is 19.6. The lowest BCUT2D eigenvalue weighted by Crippen LogP contribution is -2.23. The van der Waals surface area contributed by atoms with E-state index in [1.54, 1.807) is 18.7 Å². The SMILES string of the molecule is CCOc1ccccc1OCCCC(=O)NCc1ccc(-n2ccnc2)nc1. The molecule has 2 heterocycles. The summed E-state index contributed by atoms with van der Waals surface area (Å²) >= 11 is 0. The molecule has 146 valence electrons. The Kier molecular flexibility index (Phi) is 7.01. The van der Waals surface area contributed by atoms with Crippen LogP contribution < -0.4 is 14.8 Å². The van der Waals surface area contributed by atoms with E-state index in [1.807, 2.05) is 54.1 Å². The molecule has 1 aromatic carbocycles. The number of carbonyl (C=O) groups excluding carboxylic acids is 1. The van der Waals surface area contributed by atoms with Crippen LogP contribution in [0, 0.1) is 0 Å². The minimum atomic E-state index is -0.0135. The molecule has 0 radical (unpaired) electrons. The highest BCUT2D eigenvalue weighted by atomic mass is 16.5. The number of benzene rings is 1. The summed E-state index contributed by atoms with van der Waals surface area (Å²) in [4.78, 5) is 20.4. The van der Waals surface area contributed by atoms with Crippen LogP contribution in [0.1, 0.15) is 25.3 Å². The molecular formula is C21H24N4O3. The number of carbonyl (C=O) groups is 1. The topological polar surface area (TPSA) is 78.3 Å².